The normalized spacial score (nSPS) is 21.0. The standard InChI is InChI=1S/C17H18ClFN4O/c1-23-7-6-14(15(23)10-2-4-12(19)5-3-10)22-17(24)11-8-13(18)16(20)21-9-11/h2-5,8-9,14-15H,6-7H2,1H3,(H2,20,21)(H,22,24)/t14-,15+/m1/s1. The molecule has 2 atom stereocenters. The van der Waals surface area contributed by atoms with Gasteiger partial charge in [0.1, 0.15) is 11.6 Å². The molecule has 0 saturated carbocycles. The summed E-state index contributed by atoms with van der Waals surface area (Å²) < 4.78 is 13.2. The number of anilines is 1. The molecule has 3 rings (SSSR count). The van der Waals surface area contributed by atoms with Crippen molar-refractivity contribution in [1.29, 1.82) is 0 Å². The SMILES string of the molecule is CN1CC[C@@H](NC(=O)c2cnc(N)c(Cl)c2)[C@@H]1c1ccc(F)cc1. The van der Waals surface area contributed by atoms with Crippen LogP contribution in [0.25, 0.3) is 0 Å². The van der Waals surface area contributed by atoms with E-state index in [-0.39, 0.29) is 34.6 Å². The van der Waals surface area contributed by atoms with Crippen LogP contribution in [0, 0.1) is 5.82 Å². The first kappa shape index (κ1) is 16.7. The summed E-state index contributed by atoms with van der Waals surface area (Å²) in [6.45, 7) is 0.841. The Morgan fingerprint density at radius 3 is 2.79 bits per heavy atom. The molecule has 2 aromatic rings. The van der Waals surface area contributed by atoms with Crippen molar-refractivity contribution in [2.24, 2.45) is 0 Å². The molecule has 0 unspecified atom stereocenters. The Kier molecular flexibility index (Phi) is 4.69. The highest BCUT2D eigenvalue weighted by Crippen LogP contribution is 2.31. The van der Waals surface area contributed by atoms with E-state index in [9.17, 15) is 9.18 Å². The number of amides is 1. The number of aromatic nitrogens is 1. The number of nitrogens with one attached hydrogen (secondary N) is 1. The number of hydrogen-bond donors (Lipinski definition) is 2. The Labute approximate surface area is 144 Å². The van der Waals surface area contributed by atoms with Crippen molar-refractivity contribution in [1.82, 2.24) is 15.2 Å². The molecule has 1 aliphatic rings. The molecule has 2 heterocycles. The fourth-order valence-corrected chi connectivity index (χ4v) is 3.24. The Morgan fingerprint density at radius 2 is 2.12 bits per heavy atom. The third kappa shape index (κ3) is 3.34. The Hall–Kier alpha value is -2.18. The Morgan fingerprint density at radius 1 is 1.42 bits per heavy atom. The van der Waals surface area contributed by atoms with Gasteiger partial charge in [-0.3, -0.25) is 9.69 Å². The fraction of sp³-hybridized carbons (Fsp3) is 0.294. The molecule has 1 fully saturated rings. The van der Waals surface area contributed by atoms with Crippen LogP contribution >= 0.6 is 11.6 Å². The molecule has 0 bridgehead atoms. The predicted octanol–water partition coefficient (Wildman–Crippen LogP) is 2.63. The highest BCUT2D eigenvalue weighted by Gasteiger charge is 2.34. The average Bonchev–Trinajstić information content (AvgIpc) is 2.91. The minimum atomic E-state index is -0.275. The van der Waals surface area contributed by atoms with Crippen molar-refractivity contribution in [2.45, 2.75) is 18.5 Å². The number of likely N-dealkylation sites (N-methyl/N-ethyl adjacent to an activating group) is 1. The minimum absolute atomic E-state index is 0.00763. The average molecular weight is 349 g/mol. The van der Waals surface area contributed by atoms with Gasteiger partial charge in [-0.05, 0) is 37.2 Å². The van der Waals surface area contributed by atoms with Crippen molar-refractivity contribution < 1.29 is 9.18 Å². The van der Waals surface area contributed by atoms with E-state index in [0.717, 1.165) is 18.5 Å². The number of likely N-dealkylation sites (tertiary alicyclic amines) is 1. The van der Waals surface area contributed by atoms with Crippen LogP contribution in [0.1, 0.15) is 28.4 Å². The van der Waals surface area contributed by atoms with Gasteiger partial charge in [-0.25, -0.2) is 9.37 Å². The van der Waals surface area contributed by atoms with E-state index in [1.165, 1.54) is 24.4 Å². The second kappa shape index (κ2) is 6.75. The van der Waals surface area contributed by atoms with Gasteiger partial charge in [0.2, 0.25) is 0 Å². The van der Waals surface area contributed by atoms with E-state index in [0.29, 0.717) is 5.56 Å². The van der Waals surface area contributed by atoms with Crippen LogP contribution in [0.15, 0.2) is 36.5 Å². The highest BCUT2D eigenvalue weighted by molar-refractivity contribution is 6.33. The van der Waals surface area contributed by atoms with Crippen molar-refractivity contribution >= 4 is 23.3 Å². The van der Waals surface area contributed by atoms with E-state index in [4.69, 9.17) is 17.3 Å². The molecule has 0 aliphatic carbocycles. The predicted molar refractivity (Wildman–Crippen MR) is 91.3 cm³/mol. The lowest BCUT2D eigenvalue weighted by Crippen LogP contribution is -2.39. The van der Waals surface area contributed by atoms with Crippen LogP contribution in [-0.2, 0) is 0 Å². The van der Waals surface area contributed by atoms with Crippen LogP contribution in [-0.4, -0.2) is 35.4 Å². The van der Waals surface area contributed by atoms with Gasteiger partial charge >= 0.3 is 0 Å². The molecule has 0 spiro atoms. The van der Waals surface area contributed by atoms with Gasteiger partial charge in [0.25, 0.3) is 5.91 Å². The monoisotopic (exact) mass is 348 g/mol. The largest absolute Gasteiger partial charge is 0.382 e. The fourth-order valence-electron chi connectivity index (χ4n) is 3.07. The second-order valence-electron chi connectivity index (χ2n) is 5.94. The second-order valence-corrected chi connectivity index (χ2v) is 6.34. The summed E-state index contributed by atoms with van der Waals surface area (Å²) in [6.07, 6.45) is 2.21. The molecule has 1 aliphatic heterocycles. The Balaban J connectivity index is 1.78. The summed E-state index contributed by atoms with van der Waals surface area (Å²) >= 11 is 5.93. The molecular formula is C17H18ClFN4O. The summed E-state index contributed by atoms with van der Waals surface area (Å²) in [5.41, 5.74) is 6.90. The molecule has 3 N–H and O–H groups in total. The third-order valence-corrected chi connectivity index (χ3v) is 4.61. The number of halogens is 2. The summed E-state index contributed by atoms with van der Waals surface area (Å²) in [4.78, 5) is 18.5. The van der Waals surface area contributed by atoms with Gasteiger partial charge in [0, 0.05) is 12.7 Å². The van der Waals surface area contributed by atoms with E-state index in [1.807, 2.05) is 7.05 Å². The lowest BCUT2D eigenvalue weighted by Gasteiger charge is -2.26. The van der Waals surface area contributed by atoms with Gasteiger partial charge in [-0.15, -0.1) is 0 Å². The number of hydrogen-bond acceptors (Lipinski definition) is 4. The van der Waals surface area contributed by atoms with Crippen molar-refractivity contribution in [3.8, 4) is 0 Å². The number of rotatable bonds is 3. The number of nitrogen functional groups attached to an aromatic ring is 1. The molecule has 1 amide bonds. The first-order valence-corrected chi connectivity index (χ1v) is 8.01. The first-order chi connectivity index (χ1) is 11.5. The van der Waals surface area contributed by atoms with Crippen molar-refractivity contribution in [2.75, 3.05) is 19.3 Å². The van der Waals surface area contributed by atoms with Crippen LogP contribution in [0.5, 0.6) is 0 Å². The molecule has 126 valence electrons. The number of pyridine rings is 1. The summed E-state index contributed by atoms with van der Waals surface area (Å²) in [7, 11) is 1.99. The van der Waals surface area contributed by atoms with E-state index >= 15 is 0 Å². The molecular weight excluding hydrogens is 331 g/mol. The zero-order valence-electron chi connectivity index (χ0n) is 13.2. The van der Waals surface area contributed by atoms with Crippen LogP contribution in [0.2, 0.25) is 5.02 Å². The maximum atomic E-state index is 13.2. The van der Waals surface area contributed by atoms with Gasteiger partial charge in [0.05, 0.1) is 22.7 Å². The number of benzene rings is 1. The highest BCUT2D eigenvalue weighted by atomic mass is 35.5. The molecule has 1 aromatic heterocycles. The van der Waals surface area contributed by atoms with Gasteiger partial charge in [-0.2, -0.15) is 0 Å². The number of nitrogens with two attached hydrogens (primary N) is 1. The zero-order chi connectivity index (χ0) is 17.3. The van der Waals surface area contributed by atoms with E-state index in [1.54, 1.807) is 12.1 Å². The quantitative estimate of drug-likeness (QED) is 0.894. The summed E-state index contributed by atoms with van der Waals surface area (Å²) in [6, 6.07) is 7.79. The van der Waals surface area contributed by atoms with Crippen LogP contribution in [0.3, 0.4) is 0 Å². The molecule has 5 nitrogen and oxygen atoms in total. The third-order valence-electron chi connectivity index (χ3n) is 4.31. The summed E-state index contributed by atoms with van der Waals surface area (Å²) in [5.74, 6) is -0.336. The number of carbonyl (C=O) groups excluding carboxylic acids is 1. The molecule has 24 heavy (non-hydrogen) atoms. The first-order valence-electron chi connectivity index (χ1n) is 7.63. The molecule has 0 radical (unpaired) electrons. The molecule has 1 saturated heterocycles. The number of carbonyl (C=O) groups is 1. The maximum absolute atomic E-state index is 13.2. The van der Waals surface area contributed by atoms with Crippen molar-refractivity contribution in [3.05, 3.63) is 58.5 Å². The summed E-state index contributed by atoms with van der Waals surface area (Å²) in [5, 5.41) is 3.27. The van der Waals surface area contributed by atoms with Gasteiger partial charge < -0.3 is 11.1 Å². The smallest absolute Gasteiger partial charge is 0.253 e. The zero-order valence-corrected chi connectivity index (χ0v) is 13.9. The maximum Gasteiger partial charge on any atom is 0.253 e. The van der Waals surface area contributed by atoms with Crippen molar-refractivity contribution in [3.63, 3.8) is 0 Å². The lowest BCUT2D eigenvalue weighted by molar-refractivity contribution is 0.0927. The minimum Gasteiger partial charge on any atom is -0.382 e. The van der Waals surface area contributed by atoms with Gasteiger partial charge in [0.15, 0.2) is 0 Å². The topological polar surface area (TPSA) is 71.2 Å². The van der Waals surface area contributed by atoms with Crippen LogP contribution in [0.4, 0.5) is 10.2 Å². The molecule has 1 aromatic carbocycles. The van der Waals surface area contributed by atoms with Gasteiger partial charge in [-0.1, -0.05) is 23.7 Å². The number of nitrogens with zero attached hydrogens (tertiary/aromatic N) is 2. The lowest BCUT2D eigenvalue weighted by atomic mass is 10.00. The van der Waals surface area contributed by atoms with Crippen LogP contribution < -0.4 is 11.1 Å². The van der Waals surface area contributed by atoms with E-state index < -0.39 is 0 Å². The Bertz CT molecular complexity index is 753. The van der Waals surface area contributed by atoms with E-state index in [2.05, 4.69) is 15.2 Å². The molecule has 7 heteroatoms.